The molecule has 1 fully saturated rings. The molecule has 2 nitrogen and oxygen atoms in total. The number of hydrogen-bond donors (Lipinski definition) is 1. The van der Waals surface area contributed by atoms with Crippen LogP contribution in [0.15, 0.2) is 0 Å². The molecule has 1 N–H and O–H groups in total. The lowest BCUT2D eigenvalue weighted by atomic mass is 9.61. The molecule has 0 heterocycles. The molecule has 0 aromatic heterocycles. The van der Waals surface area contributed by atoms with E-state index in [1.54, 1.807) is 0 Å². The van der Waals surface area contributed by atoms with Crippen LogP contribution in [0.4, 0.5) is 0 Å². The average molecular weight is 241 g/mol. The fourth-order valence-corrected chi connectivity index (χ4v) is 2.56. The van der Waals surface area contributed by atoms with Gasteiger partial charge in [0.2, 0.25) is 0 Å². The van der Waals surface area contributed by atoms with Crippen LogP contribution in [0.1, 0.15) is 61.3 Å². The molecule has 0 spiro atoms. The van der Waals surface area contributed by atoms with Gasteiger partial charge in [0, 0.05) is 24.1 Å². The lowest BCUT2D eigenvalue weighted by molar-refractivity contribution is -0.129. The van der Waals surface area contributed by atoms with E-state index in [9.17, 15) is 0 Å². The van der Waals surface area contributed by atoms with E-state index >= 15 is 0 Å². The van der Waals surface area contributed by atoms with Crippen LogP contribution in [-0.4, -0.2) is 24.8 Å². The van der Waals surface area contributed by atoms with E-state index in [2.05, 4.69) is 53.8 Å². The molecule has 2 heteroatoms. The molecular weight excluding hydrogens is 210 g/mol. The highest BCUT2D eigenvalue weighted by Gasteiger charge is 2.51. The van der Waals surface area contributed by atoms with E-state index in [4.69, 9.17) is 4.74 Å². The van der Waals surface area contributed by atoms with Gasteiger partial charge in [0.25, 0.3) is 0 Å². The van der Waals surface area contributed by atoms with Crippen LogP contribution in [0.5, 0.6) is 0 Å². The van der Waals surface area contributed by atoms with Crippen LogP contribution in [-0.2, 0) is 4.74 Å². The third-order valence-corrected chi connectivity index (χ3v) is 4.86. The predicted molar refractivity (Wildman–Crippen MR) is 74.3 cm³/mol. The monoisotopic (exact) mass is 241 g/mol. The highest BCUT2D eigenvalue weighted by Crippen LogP contribution is 2.46. The van der Waals surface area contributed by atoms with Gasteiger partial charge in [0.15, 0.2) is 0 Å². The Morgan fingerprint density at radius 1 is 1.35 bits per heavy atom. The smallest absolute Gasteiger partial charge is 0.0658 e. The van der Waals surface area contributed by atoms with E-state index < -0.39 is 0 Å². The molecule has 0 saturated heterocycles. The lowest BCUT2D eigenvalue weighted by Crippen LogP contribution is -2.64. The summed E-state index contributed by atoms with van der Waals surface area (Å²) in [5.41, 5.74) is 0.640. The second-order valence-electron chi connectivity index (χ2n) is 6.85. The SMILES string of the molecule is CCOC1CC(NC(C)C(C)(C)C)C1(C)CC. The van der Waals surface area contributed by atoms with Crippen molar-refractivity contribution in [1.29, 1.82) is 0 Å². The number of rotatable bonds is 5. The van der Waals surface area contributed by atoms with Crippen molar-refractivity contribution in [3.8, 4) is 0 Å². The summed E-state index contributed by atoms with van der Waals surface area (Å²) in [5, 5.41) is 3.81. The van der Waals surface area contributed by atoms with Gasteiger partial charge in [-0.25, -0.2) is 0 Å². The van der Waals surface area contributed by atoms with Crippen molar-refractivity contribution in [3.05, 3.63) is 0 Å². The van der Waals surface area contributed by atoms with Crippen molar-refractivity contribution in [2.45, 2.75) is 79.5 Å². The minimum atomic E-state index is 0.315. The zero-order chi connectivity index (χ0) is 13.3. The maximum absolute atomic E-state index is 5.84. The highest BCUT2D eigenvalue weighted by atomic mass is 16.5. The third kappa shape index (κ3) is 3.03. The van der Waals surface area contributed by atoms with Gasteiger partial charge in [-0.1, -0.05) is 34.6 Å². The molecule has 0 radical (unpaired) electrons. The standard InChI is InChI=1S/C15H31NO/c1-8-15(7)12(10-13(15)17-9-2)16-11(3)14(4,5)6/h11-13,16H,8-10H2,1-7H3. The molecule has 102 valence electrons. The van der Waals surface area contributed by atoms with E-state index in [1.165, 1.54) is 12.8 Å². The molecule has 0 aromatic rings. The minimum Gasteiger partial charge on any atom is -0.378 e. The summed E-state index contributed by atoms with van der Waals surface area (Å²) in [6.07, 6.45) is 2.80. The quantitative estimate of drug-likeness (QED) is 0.794. The zero-order valence-electron chi connectivity index (χ0n) is 12.8. The van der Waals surface area contributed by atoms with E-state index in [-0.39, 0.29) is 0 Å². The molecule has 4 unspecified atom stereocenters. The van der Waals surface area contributed by atoms with E-state index in [1.807, 2.05) is 0 Å². The van der Waals surface area contributed by atoms with Crippen LogP contribution in [0, 0.1) is 10.8 Å². The number of nitrogens with one attached hydrogen (secondary N) is 1. The second kappa shape index (κ2) is 5.27. The summed E-state index contributed by atoms with van der Waals surface area (Å²) >= 11 is 0. The summed E-state index contributed by atoms with van der Waals surface area (Å²) in [4.78, 5) is 0. The van der Waals surface area contributed by atoms with Gasteiger partial charge < -0.3 is 10.1 Å². The van der Waals surface area contributed by atoms with Gasteiger partial charge in [-0.2, -0.15) is 0 Å². The van der Waals surface area contributed by atoms with Crippen LogP contribution in [0.3, 0.4) is 0 Å². The molecule has 0 aliphatic heterocycles. The first-order chi connectivity index (χ1) is 7.75. The van der Waals surface area contributed by atoms with Crippen molar-refractivity contribution in [2.24, 2.45) is 10.8 Å². The molecule has 1 aliphatic carbocycles. The largest absolute Gasteiger partial charge is 0.378 e. The number of hydrogen-bond acceptors (Lipinski definition) is 2. The molecule has 1 rings (SSSR count). The average Bonchev–Trinajstić information content (AvgIpc) is 2.25. The van der Waals surface area contributed by atoms with E-state index in [0.29, 0.717) is 29.0 Å². The third-order valence-electron chi connectivity index (χ3n) is 4.86. The topological polar surface area (TPSA) is 21.3 Å². The first-order valence-corrected chi connectivity index (χ1v) is 7.13. The van der Waals surface area contributed by atoms with Crippen LogP contribution in [0.25, 0.3) is 0 Å². The summed E-state index contributed by atoms with van der Waals surface area (Å²) in [6.45, 7) is 16.8. The molecule has 17 heavy (non-hydrogen) atoms. The zero-order valence-corrected chi connectivity index (χ0v) is 12.8. The maximum Gasteiger partial charge on any atom is 0.0658 e. The number of ether oxygens (including phenoxy) is 1. The van der Waals surface area contributed by atoms with Crippen molar-refractivity contribution in [2.75, 3.05) is 6.61 Å². The minimum absolute atomic E-state index is 0.315. The van der Waals surface area contributed by atoms with Crippen molar-refractivity contribution in [3.63, 3.8) is 0 Å². The van der Waals surface area contributed by atoms with Gasteiger partial charge in [0.05, 0.1) is 6.10 Å². The summed E-state index contributed by atoms with van der Waals surface area (Å²) in [5.74, 6) is 0. The van der Waals surface area contributed by atoms with Crippen LogP contribution < -0.4 is 5.32 Å². The summed E-state index contributed by atoms with van der Waals surface area (Å²) in [7, 11) is 0. The molecule has 1 aliphatic rings. The highest BCUT2D eigenvalue weighted by molar-refractivity contribution is 5.05. The fraction of sp³-hybridized carbons (Fsp3) is 1.00. The van der Waals surface area contributed by atoms with Gasteiger partial charge in [-0.3, -0.25) is 0 Å². The molecule has 0 aromatic carbocycles. The Balaban J connectivity index is 2.57. The van der Waals surface area contributed by atoms with Crippen LogP contribution in [0.2, 0.25) is 0 Å². The van der Waals surface area contributed by atoms with Crippen molar-refractivity contribution >= 4 is 0 Å². The van der Waals surface area contributed by atoms with Crippen molar-refractivity contribution < 1.29 is 4.74 Å². The molecule has 4 atom stereocenters. The fourth-order valence-electron chi connectivity index (χ4n) is 2.56. The Hall–Kier alpha value is -0.0800. The normalized spacial score (nSPS) is 35.5. The Morgan fingerprint density at radius 3 is 2.35 bits per heavy atom. The Morgan fingerprint density at radius 2 is 1.94 bits per heavy atom. The molecular formula is C15H31NO. The molecule has 0 amide bonds. The van der Waals surface area contributed by atoms with E-state index in [0.717, 1.165) is 6.61 Å². The summed E-state index contributed by atoms with van der Waals surface area (Å²) < 4.78 is 5.84. The first kappa shape index (κ1) is 15.0. The van der Waals surface area contributed by atoms with Gasteiger partial charge in [-0.05, 0) is 32.1 Å². The first-order valence-electron chi connectivity index (χ1n) is 7.13. The van der Waals surface area contributed by atoms with Gasteiger partial charge >= 0.3 is 0 Å². The second-order valence-corrected chi connectivity index (χ2v) is 6.85. The maximum atomic E-state index is 5.84. The van der Waals surface area contributed by atoms with Crippen molar-refractivity contribution in [1.82, 2.24) is 5.32 Å². The van der Waals surface area contributed by atoms with Crippen LogP contribution >= 0.6 is 0 Å². The summed E-state index contributed by atoms with van der Waals surface area (Å²) in [6, 6.07) is 1.15. The van der Waals surface area contributed by atoms with Gasteiger partial charge in [0.1, 0.15) is 0 Å². The Kier molecular flexibility index (Phi) is 4.65. The Labute approximate surface area is 108 Å². The predicted octanol–water partition coefficient (Wildman–Crippen LogP) is 3.60. The molecule has 1 saturated carbocycles. The van der Waals surface area contributed by atoms with Gasteiger partial charge in [-0.15, -0.1) is 0 Å². The molecule has 0 bridgehead atoms. The lowest BCUT2D eigenvalue weighted by Gasteiger charge is -2.55. The Bertz CT molecular complexity index is 246.